The maximum atomic E-state index is 12.2. The summed E-state index contributed by atoms with van der Waals surface area (Å²) in [7, 11) is 0. The third kappa shape index (κ3) is 5.07. The van der Waals surface area contributed by atoms with E-state index >= 15 is 0 Å². The topological polar surface area (TPSA) is 68.0 Å². The Morgan fingerprint density at radius 1 is 1.32 bits per heavy atom. The molecule has 0 aromatic carbocycles. The molecule has 0 unspecified atom stereocenters. The lowest BCUT2D eigenvalue weighted by Crippen LogP contribution is -2.46. The third-order valence-corrected chi connectivity index (χ3v) is 2.81. The fraction of sp³-hybridized carbons (Fsp3) is 0.571. The molecular weight excluding hydrogens is 262 g/mol. The standard InChI is InChI=1S/C14H22ClN3O/c1-13(2,3)8-14(4,5)18-12(19)11-9(15)6-7-10(16)17-11/h6-7H,8H2,1-5H3,(H2,16,17)(H,18,19). The van der Waals surface area contributed by atoms with E-state index in [4.69, 9.17) is 17.3 Å². The van der Waals surface area contributed by atoms with Gasteiger partial charge in [0, 0.05) is 5.54 Å². The lowest BCUT2D eigenvalue weighted by molar-refractivity contribution is 0.0886. The number of rotatable bonds is 3. The minimum absolute atomic E-state index is 0.115. The number of hydrogen-bond donors (Lipinski definition) is 2. The normalized spacial score (nSPS) is 12.3. The van der Waals surface area contributed by atoms with Crippen LogP contribution < -0.4 is 11.1 Å². The van der Waals surface area contributed by atoms with E-state index in [9.17, 15) is 4.79 Å². The Bertz CT molecular complexity index is 478. The van der Waals surface area contributed by atoms with Crippen LogP contribution in [-0.4, -0.2) is 16.4 Å². The van der Waals surface area contributed by atoms with Crippen LogP contribution in [0.25, 0.3) is 0 Å². The highest BCUT2D eigenvalue weighted by atomic mass is 35.5. The van der Waals surface area contributed by atoms with Crippen LogP contribution in [0.5, 0.6) is 0 Å². The number of nitrogens with zero attached hydrogens (tertiary/aromatic N) is 1. The van der Waals surface area contributed by atoms with Gasteiger partial charge in [-0.3, -0.25) is 4.79 Å². The molecule has 0 radical (unpaired) electrons. The van der Waals surface area contributed by atoms with Crippen LogP contribution in [0.1, 0.15) is 51.5 Å². The van der Waals surface area contributed by atoms with E-state index in [1.807, 2.05) is 13.8 Å². The Hall–Kier alpha value is -1.29. The molecule has 4 nitrogen and oxygen atoms in total. The molecule has 0 aliphatic carbocycles. The van der Waals surface area contributed by atoms with Crippen LogP contribution in [0.2, 0.25) is 5.02 Å². The molecule has 5 heteroatoms. The number of nitrogens with one attached hydrogen (secondary N) is 1. The van der Waals surface area contributed by atoms with Gasteiger partial charge in [0.2, 0.25) is 0 Å². The molecule has 0 saturated carbocycles. The molecule has 0 aliphatic heterocycles. The Kier molecular flexibility index (Phi) is 4.46. The number of carbonyl (C=O) groups is 1. The molecule has 1 aromatic heterocycles. The molecule has 1 heterocycles. The molecule has 1 aromatic rings. The molecule has 106 valence electrons. The number of nitrogen functional groups attached to an aromatic ring is 1. The summed E-state index contributed by atoms with van der Waals surface area (Å²) in [6, 6.07) is 3.15. The highest BCUT2D eigenvalue weighted by molar-refractivity contribution is 6.33. The summed E-state index contributed by atoms with van der Waals surface area (Å²) >= 11 is 5.97. The summed E-state index contributed by atoms with van der Waals surface area (Å²) in [6.45, 7) is 10.4. The quantitative estimate of drug-likeness (QED) is 0.895. The van der Waals surface area contributed by atoms with E-state index < -0.39 is 0 Å². The van der Waals surface area contributed by atoms with Gasteiger partial charge in [-0.25, -0.2) is 4.98 Å². The number of anilines is 1. The van der Waals surface area contributed by atoms with Gasteiger partial charge in [0.1, 0.15) is 11.5 Å². The number of halogens is 1. The lowest BCUT2D eigenvalue weighted by Gasteiger charge is -2.33. The van der Waals surface area contributed by atoms with Crippen molar-refractivity contribution in [2.75, 3.05) is 5.73 Å². The molecule has 1 rings (SSSR count). The van der Waals surface area contributed by atoms with Gasteiger partial charge in [-0.05, 0) is 37.8 Å². The van der Waals surface area contributed by atoms with Gasteiger partial charge in [-0.15, -0.1) is 0 Å². The van der Waals surface area contributed by atoms with Crippen molar-refractivity contribution >= 4 is 23.3 Å². The number of nitrogens with two attached hydrogens (primary N) is 1. The highest BCUT2D eigenvalue weighted by Gasteiger charge is 2.28. The Morgan fingerprint density at radius 3 is 2.42 bits per heavy atom. The predicted molar refractivity (Wildman–Crippen MR) is 79.3 cm³/mol. The summed E-state index contributed by atoms with van der Waals surface area (Å²) < 4.78 is 0. The molecule has 0 fully saturated rings. The van der Waals surface area contributed by atoms with E-state index in [1.165, 1.54) is 0 Å². The SMILES string of the molecule is CC(C)(C)CC(C)(C)NC(=O)c1nc(N)ccc1Cl. The first kappa shape index (κ1) is 15.8. The zero-order chi connectivity index (χ0) is 14.8. The minimum Gasteiger partial charge on any atom is -0.384 e. The largest absolute Gasteiger partial charge is 0.384 e. The first-order valence-electron chi connectivity index (χ1n) is 6.25. The molecule has 0 bridgehead atoms. The monoisotopic (exact) mass is 283 g/mol. The van der Waals surface area contributed by atoms with E-state index in [0.29, 0.717) is 5.02 Å². The maximum absolute atomic E-state index is 12.2. The average Bonchev–Trinajstić information content (AvgIpc) is 2.16. The van der Waals surface area contributed by atoms with E-state index in [-0.39, 0.29) is 28.4 Å². The number of hydrogen-bond acceptors (Lipinski definition) is 3. The van der Waals surface area contributed by atoms with Crippen LogP contribution in [0, 0.1) is 5.41 Å². The number of carbonyl (C=O) groups excluding carboxylic acids is 1. The third-order valence-electron chi connectivity index (χ3n) is 2.51. The molecule has 0 atom stereocenters. The second kappa shape index (κ2) is 5.37. The molecule has 19 heavy (non-hydrogen) atoms. The molecule has 0 saturated heterocycles. The summed E-state index contributed by atoms with van der Waals surface area (Å²) in [5.74, 6) is -0.0188. The van der Waals surface area contributed by atoms with Crippen LogP contribution in [0.15, 0.2) is 12.1 Å². The second-order valence-electron chi connectivity index (χ2n) is 6.64. The average molecular weight is 284 g/mol. The van der Waals surface area contributed by atoms with E-state index in [0.717, 1.165) is 6.42 Å². The number of pyridine rings is 1. The fourth-order valence-electron chi connectivity index (χ4n) is 2.35. The van der Waals surface area contributed by atoms with E-state index in [1.54, 1.807) is 12.1 Å². The highest BCUT2D eigenvalue weighted by Crippen LogP contribution is 2.27. The summed E-state index contributed by atoms with van der Waals surface area (Å²) in [4.78, 5) is 16.2. The van der Waals surface area contributed by atoms with Crippen LogP contribution in [-0.2, 0) is 0 Å². The van der Waals surface area contributed by atoms with Crippen molar-refractivity contribution < 1.29 is 4.79 Å². The second-order valence-corrected chi connectivity index (χ2v) is 7.05. The summed E-state index contributed by atoms with van der Waals surface area (Å²) in [5, 5.41) is 3.26. The molecule has 1 amide bonds. The van der Waals surface area contributed by atoms with Crippen molar-refractivity contribution in [1.82, 2.24) is 10.3 Å². The van der Waals surface area contributed by atoms with Crippen molar-refractivity contribution in [3.05, 3.63) is 22.8 Å². The van der Waals surface area contributed by atoms with Gasteiger partial charge in [0.15, 0.2) is 0 Å². The van der Waals surface area contributed by atoms with Gasteiger partial charge in [0.25, 0.3) is 5.91 Å². The first-order valence-corrected chi connectivity index (χ1v) is 6.62. The number of aromatic nitrogens is 1. The Morgan fingerprint density at radius 2 is 1.89 bits per heavy atom. The molecular formula is C14H22ClN3O. The number of amides is 1. The van der Waals surface area contributed by atoms with E-state index in [2.05, 4.69) is 31.1 Å². The lowest BCUT2D eigenvalue weighted by atomic mass is 9.82. The van der Waals surface area contributed by atoms with Gasteiger partial charge in [-0.1, -0.05) is 32.4 Å². The van der Waals surface area contributed by atoms with Gasteiger partial charge >= 0.3 is 0 Å². The van der Waals surface area contributed by atoms with Crippen molar-refractivity contribution in [2.24, 2.45) is 5.41 Å². The summed E-state index contributed by atoms with van der Waals surface area (Å²) in [5.41, 5.74) is 5.52. The van der Waals surface area contributed by atoms with Crippen molar-refractivity contribution in [3.63, 3.8) is 0 Å². The van der Waals surface area contributed by atoms with Gasteiger partial charge in [-0.2, -0.15) is 0 Å². The molecule has 0 spiro atoms. The minimum atomic E-state index is -0.342. The Labute approximate surface area is 119 Å². The van der Waals surface area contributed by atoms with Crippen molar-refractivity contribution in [2.45, 2.75) is 46.6 Å². The van der Waals surface area contributed by atoms with Gasteiger partial charge in [0.05, 0.1) is 5.02 Å². The molecule has 0 aliphatic rings. The van der Waals surface area contributed by atoms with Crippen LogP contribution in [0.4, 0.5) is 5.82 Å². The zero-order valence-electron chi connectivity index (χ0n) is 12.2. The molecule has 3 N–H and O–H groups in total. The van der Waals surface area contributed by atoms with Crippen LogP contribution >= 0.6 is 11.6 Å². The first-order chi connectivity index (χ1) is 8.50. The zero-order valence-corrected chi connectivity index (χ0v) is 12.9. The van der Waals surface area contributed by atoms with Crippen molar-refractivity contribution in [3.8, 4) is 0 Å². The maximum Gasteiger partial charge on any atom is 0.271 e. The predicted octanol–water partition coefficient (Wildman–Crippen LogP) is 3.26. The smallest absolute Gasteiger partial charge is 0.271 e. The Balaban J connectivity index is 2.87. The fourth-order valence-corrected chi connectivity index (χ4v) is 2.54. The van der Waals surface area contributed by atoms with Gasteiger partial charge < -0.3 is 11.1 Å². The van der Waals surface area contributed by atoms with Crippen molar-refractivity contribution in [1.29, 1.82) is 0 Å². The summed E-state index contributed by atoms with van der Waals surface area (Å²) in [6.07, 6.45) is 0.839. The van der Waals surface area contributed by atoms with Crippen LogP contribution in [0.3, 0.4) is 0 Å².